The van der Waals surface area contributed by atoms with Gasteiger partial charge in [-0.25, -0.2) is 0 Å². The quantitative estimate of drug-likeness (QED) is 0.327. The van der Waals surface area contributed by atoms with Crippen molar-refractivity contribution in [2.45, 2.75) is 50.7 Å². The average molecular weight is 255 g/mol. The predicted octanol–water partition coefficient (Wildman–Crippen LogP) is 0.683. The van der Waals surface area contributed by atoms with Gasteiger partial charge in [-0.15, -0.1) is 0 Å². The Hall–Kier alpha value is -1.30. The van der Waals surface area contributed by atoms with E-state index < -0.39 is 5.60 Å². The molecule has 1 amide bonds. The van der Waals surface area contributed by atoms with Gasteiger partial charge in [0, 0.05) is 25.6 Å². The number of carbonyl (C=O) groups excluding carboxylic acids is 1. The summed E-state index contributed by atoms with van der Waals surface area (Å²) < 4.78 is 5.59. The Labute approximate surface area is 107 Å². The average Bonchev–Trinajstić information content (AvgIpc) is 3.10. The first-order valence-electron chi connectivity index (χ1n) is 6.48. The number of rotatable bonds is 5. The van der Waals surface area contributed by atoms with Gasteiger partial charge in [-0.3, -0.25) is 4.79 Å². The number of hydrogen-bond donors (Lipinski definition) is 2. The zero-order valence-corrected chi connectivity index (χ0v) is 10.8. The zero-order chi connectivity index (χ0) is 13.2. The van der Waals surface area contributed by atoms with Gasteiger partial charge in [0.15, 0.2) is 0 Å². The van der Waals surface area contributed by atoms with Crippen molar-refractivity contribution in [1.82, 2.24) is 4.90 Å². The standard InChI is InChI=1S/C12H21N3O3/c1-12(6-2-8-18-12)11(16)15(9-3-4-9)7-5-10(13)14-17/h9,17H,2-8H2,1H3,(H2,13,14). The minimum absolute atomic E-state index is 0.0493. The lowest BCUT2D eigenvalue weighted by Crippen LogP contribution is -2.48. The lowest BCUT2D eigenvalue weighted by molar-refractivity contribution is -0.151. The lowest BCUT2D eigenvalue weighted by atomic mass is 10.0. The van der Waals surface area contributed by atoms with Crippen molar-refractivity contribution in [3.8, 4) is 0 Å². The molecule has 102 valence electrons. The molecule has 1 saturated carbocycles. The number of carbonyl (C=O) groups is 1. The highest BCUT2D eigenvalue weighted by Gasteiger charge is 2.44. The molecule has 0 aromatic carbocycles. The van der Waals surface area contributed by atoms with Crippen LogP contribution in [0.25, 0.3) is 0 Å². The molecule has 0 bridgehead atoms. The van der Waals surface area contributed by atoms with Gasteiger partial charge in [-0.1, -0.05) is 5.16 Å². The van der Waals surface area contributed by atoms with Crippen LogP contribution in [0.2, 0.25) is 0 Å². The van der Waals surface area contributed by atoms with Gasteiger partial charge < -0.3 is 20.6 Å². The fourth-order valence-electron chi connectivity index (χ4n) is 2.37. The van der Waals surface area contributed by atoms with Crippen molar-refractivity contribution < 1.29 is 14.7 Å². The highest BCUT2D eigenvalue weighted by atomic mass is 16.5. The van der Waals surface area contributed by atoms with Crippen LogP contribution in [0.3, 0.4) is 0 Å². The molecule has 1 unspecified atom stereocenters. The van der Waals surface area contributed by atoms with E-state index in [9.17, 15) is 4.79 Å². The summed E-state index contributed by atoms with van der Waals surface area (Å²) in [5.74, 6) is 0.208. The second-order valence-corrected chi connectivity index (χ2v) is 5.25. The molecule has 6 nitrogen and oxygen atoms in total. The molecule has 2 aliphatic rings. The van der Waals surface area contributed by atoms with Crippen molar-refractivity contribution >= 4 is 11.7 Å². The largest absolute Gasteiger partial charge is 0.409 e. The first-order chi connectivity index (χ1) is 8.57. The fraction of sp³-hybridized carbons (Fsp3) is 0.833. The number of nitrogens with two attached hydrogens (primary N) is 1. The lowest BCUT2D eigenvalue weighted by Gasteiger charge is -2.31. The van der Waals surface area contributed by atoms with E-state index in [2.05, 4.69) is 5.16 Å². The van der Waals surface area contributed by atoms with E-state index >= 15 is 0 Å². The summed E-state index contributed by atoms with van der Waals surface area (Å²) in [7, 11) is 0. The summed E-state index contributed by atoms with van der Waals surface area (Å²) in [6.45, 7) is 3.01. The van der Waals surface area contributed by atoms with Gasteiger partial charge in [0.2, 0.25) is 0 Å². The maximum absolute atomic E-state index is 12.5. The Bertz CT molecular complexity index is 346. The smallest absolute Gasteiger partial charge is 0.254 e. The number of amides is 1. The van der Waals surface area contributed by atoms with Gasteiger partial charge in [0.25, 0.3) is 5.91 Å². The van der Waals surface area contributed by atoms with Gasteiger partial charge >= 0.3 is 0 Å². The van der Waals surface area contributed by atoms with Gasteiger partial charge in [0.05, 0.1) is 0 Å². The summed E-state index contributed by atoms with van der Waals surface area (Å²) in [4.78, 5) is 14.3. The van der Waals surface area contributed by atoms with Crippen LogP contribution >= 0.6 is 0 Å². The Morgan fingerprint density at radius 3 is 2.83 bits per heavy atom. The van der Waals surface area contributed by atoms with Crippen LogP contribution in [0.5, 0.6) is 0 Å². The first-order valence-corrected chi connectivity index (χ1v) is 6.48. The van der Waals surface area contributed by atoms with Gasteiger partial charge in [0.1, 0.15) is 11.4 Å². The summed E-state index contributed by atoms with van der Waals surface area (Å²) >= 11 is 0. The minimum Gasteiger partial charge on any atom is -0.409 e. The molecule has 1 aliphatic carbocycles. The van der Waals surface area contributed by atoms with E-state index in [4.69, 9.17) is 15.7 Å². The summed E-state index contributed by atoms with van der Waals surface area (Å²) in [6.07, 6.45) is 4.18. The van der Waals surface area contributed by atoms with E-state index in [1.807, 2.05) is 11.8 Å². The van der Waals surface area contributed by atoms with Crippen molar-refractivity contribution in [2.24, 2.45) is 10.9 Å². The van der Waals surface area contributed by atoms with Gasteiger partial charge in [-0.2, -0.15) is 0 Å². The molecule has 3 N–H and O–H groups in total. The SMILES string of the molecule is CC1(C(=O)N(CCC(N)=NO)C2CC2)CCCO1. The molecule has 2 fully saturated rings. The Balaban J connectivity index is 1.98. The topological polar surface area (TPSA) is 88.2 Å². The molecule has 0 aromatic rings. The third-order valence-corrected chi connectivity index (χ3v) is 3.66. The van der Waals surface area contributed by atoms with E-state index in [1.165, 1.54) is 0 Å². The van der Waals surface area contributed by atoms with Crippen LogP contribution in [0.4, 0.5) is 0 Å². The third-order valence-electron chi connectivity index (χ3n) is 3.66. The predicted molar refractivity (Wildman–Crippen MR) is 66.4 cm³/mol. The number of nitrogens with zero attached hydrogens (tertiary/aromatic N) is 2. The molecule has 6 heteroatoms. The molecule has 0 radical (unpaired) electrons. The number of ether oxygens (including phenoxy) is 1. The molecule has 1 aliphatic heterocycles. The molecule has 1 saturated heterocycles. The molecule has 2 rings (SSSR count). The van der Waals surface area contributed by atoms with E-state index in [0.29, 0.717) is 25.6 Å². The first kappa shape index (κ1) is 13.1. The molecule has 0 spiro atoms. The monoisotopic (exact) mass is 255 g/mol. The van der Waals surface area contributed by atoms with E-state index in [-0.39, 0.29) is 11.7 Å². The zero-order valence-electron chi connectivity index (χ0n) is 10.8. The van der Waals surface area contributed by atoms with Crippen LogP contribution in [0.15, 0.2) is 5.16 Å². The van der Waals surface area contributed by atoms with Crippen LogP contribution in [-0.2, 0) is 9.53 Å². The second kappa shape index (κ2) is 5.14. The molecular formula is C12H21N3O3. The van der Waals surface area contributed by atoms with E-state index in [1.54, 1.807) is 0 Å². The number of amidine groups is 1. The molecule has 18 heavy (non-hydrogen) atoms. The van der Waals surface area contributed by atoms with Crippen LogP contribution in [-0.4, -0.2) is 46.6 Å². The van der Waals surface area contributed by atoms with Gasteiger partial charge in [-0.05, 0) is 32.6 Å². The summed E-state index contributed by atoms with van der Waals surface area (Å²) in [6, 6.07) is 0.310. The van der Waals surface area contributed by atoms with Crippen LogP contribution in [0.1, 0.15) is 39.0 Å². The highest BCUT2D eigenvalue weighted by Crippen LogP contribution is 2.33. The van der Waals surface area contributed by atoms with Crippen molar-refractivity contribution in [2.75, 3.05) is 13.2 Å². The summed E-state index contributed by atoms with van der Waals surface area (Å²) in [5.41, 5.74) is 4.79. The molecule has 0 aromatic heterocycles. The maximum Gasteiger partial charge on any atom is 0.254 e. The number of hydrogen-bond acceptors (Lipinski definition) is 4. The molecule has 1 atom stereocenters. The van der Waals surface area contributed by atoms with Crippen molar-refractivity contribution in [1.29, 1.82) is 0 Å². The van der Waals surface area contributed by atoms with Crippen molar-refractivity contribution in [3.63, 3.8) is 0 Å². The van der Waals surface area contributed by atoms with Crippen molar-refractivity contribution in [3.05, 3.63) is 0 Å². The minimum atomic E-state index is -0.673. The summed E-state index contributed by atoms with van der Waals surface area (Å²) in [5, 5.41) is 11.5. The Morgan fingerprint density at radius 2 is 2.33 bits per heavy atom. The van der Waals surface area contributed by atoms with E-state index in [0.717, 1.165) is 25.7 Å². The fourth-order valence-corrected chi connectivity index (χ4v) is 2.37. The second-order valence-electron chi connectivity index (χ2n) is 5.25. The Morgan fingerprint density at radius 1 is 1.61 bits per heavy atom. The molecule has 1 heterocycles. The maximum atomic E-state index is 12.5. The Kier molecular flexibility index (Phi) is 3.75. The number of oxime groups is 1. The van der Waals surface area contributed by atoms with Crippen LogP contribution in [0, 0.1) is 0 Å². The molecular weight excluding hydrogens is 234 g/mol. The highest BCUT2D eigenvalue weighted by molar-refractivity contribution is 5.86. The van der Waals surface area contributed by atoms with Crippen LogP contribution < -0.4 is 5.73 Å². The normalized spacial score (nSPS) is 28.4. The third kappa shape index (κ3) is 2.75.